The summed E-state index contributed by atoms with van der Waals surface area (Å²) in [5.74, 6) is 1.65. The van der Waals surface area contributed by atoms with Crippen LogP contribution in [-0.4, -0.2) is 53.0 Å². The van der Waals surface area contributed by atoms with E-state index in [0.29, 0.717) is 52.7 Å². The van der Waals surface area contributed by atoms with Gasteiger partial charge in [-0.1, -0.05) is 51.2 Å². The minimum Gasteiger partial charge on any atom is -0.385 e. The number of ether oxygens (including phenoxy) is 1. The molecule has 0 aromatic carbocycles. The van der Waals surface area contributed by atoms with Gasteiger partial charge in [-0.25, -0.2) is 0 Å². The average molecular weight is 517 g/mol. The molecule has 0 saturated carbocycles. The highest BCUT2D eigenvalue weighted by Gasteiger charge is 2.34. The summed E-state index contributed by atoms with van der Waals surface area (Å²) in [6, 6.07) is 2.13. The van der Waals surface area contributed by atoms with Crippen LogP contribution in [-0.2, 0) is 16.1 Å². The Labute approximate surface area is 218 Å². The molecule has 0 N–H and O–H groups in total. The van der Waals surface area contributed by atoms with Crippen LogP contribution in [0.15, 0.2) is 9.70 Å². The maximum absolute atomic E-state index is 13.4. The van der Waals surface area contributed by atoms with E-state index in [1.165, 1.54) is 11.8 Å². The number of nitrogens with zero attached hydrogens (tertiary/aromatic N) is 4. The maximum Gasteiger partial charge on any atom is 0.270 e. The molecule has 1 aromatic heterocycles. The molecule has 2 aliphatic rings. The zero-order valence-corrected chi connectivity index (χ0v) is 23.1. The van der Waals surface area contributed by atoms with Gasteiger partial charge in [0.05, 0.1) is 4.91 Å². The number of carbonyl (C=O) groups excluding carboxylic acids is 1. The molecule has 190 valence electrons. The molecule has 2 unspecified atom stereocenters. The van der Waals surface area contributed by atoms with Crippen LogP contribution in [0.1, 0.15) is 63.1 Å². The van der Waals surface area contributed by atoms with Gasteiger partial charge in [-0.3, -0.25) is 19.1 Å². The van der Waals surface area contributed by atoms with E-state index in [4.69, 9.17) is 17.0 Å². The van der Waals surface area contributed by atoms with Crippen LogP contribution in [0, 0.1) is 30.1 Å². The van der Waals surface area contributed by atoms with E-state index in [9.17, 15) is 14.9 Å². The van der Waals surface area contributed by atoms with E-state index >= 15 is 0 Å². The fourth-order valence-electron chi connectivity index (χ4n) is 5.04. The average Bonchev–Trinajstić information content (AvgIpc) is 3.07. The first-order valence-electron chi connectivity index (χ1n) is 12.4. The quantitative estimate of drug-likeness (QED) is 0.271. The van der Waals surface area contributed by atoms with Crippen molar-refractivity contribution in [2.45, 2.75) is 59.9 Å². The van der Waals surface area contributed by atoms with Crippen LogP contribution in [0.25, 0.3) is 6.08 Å². The summed E-state index contributed by atoms with van der Waals surface area (Å²) in [6.07, 6.45) is 5.46. The first-order valence-corrected chi connectivity index (χ1v) is 13.6. The molecule has 0 radical (unpaired) electrons. The molecule has 0 spiro atoms. The monoisotopic (exact) mass is 516 g/mol. The Kier molecular flexibility index (Phi) is 9.56. The number of aromatic nitrogens is 1. The zero-order valence-electron chi connectivity index (χ0n) is 21.4. The van der Waals surface area contributed by atoms with Crippen molar-refractivity contribution in [3.05, 3.63) is 31.9 Å². The Morgan fingerprint density at radius 2 is 1.89 bits per heavy atom. The summed E-state index contributed by atoms with van der Waals surface area (Å²) in [5, 5.41) is 9.87. The van der Waals surface area contributed by atoms with Gasteiger partial charge in [-0.2, -0.15) is 5.26 Å². The van der Waals surface area contributed by atoms with E-state index in [1.807, 2.05) is 13.0 Å². The number of carbonyl (C=O) groups is 1. The minimum atomic E-state index is -0.247. The Bertz CT molecular complexity index is 1100. The number of piperidine rings is 1. The van der Waals surface area contributed by atoms with Gasteiger partial charge in [0.25, 0.3) is 11.5 Å². The standard InChI is InChI=1S/C26H36N4O3S2/c1-6-7-9-29-23(28-15-17(2)12-18(3)16-28)20(19(4)21(14-27)24(29)31)13-22-25(32)30(26(34)35-22)10-8-11-33-5/h13,17-18H,6-12,15-16H2,1-5H3/b22-13+. The Hall–Kier alpha value is -2.15. The van der Waals surface area contributed by atoms with E-state index < -0.39 is 0 Å². The Morgan fingerprint density at radius 3 is 2.49 bits per heavy atom. The number of amides is 1. The maximum atomic E-state index is 13.4. The molecular formula is C26H36N4O3S2. The number of unbranched alkanes of at least 4 members (excludes halogenated alkanes) is 1. The topological polar surface area (TPSA) is 78.6 Å². The van der Waals surface area contributed by atoms with Crippen molar-refractivity contribution in [3.63, 3.8) is 0 Å². The van der Waals surface area contributed by atoms with Gasteiger partial charge in [0, 0.05) is 45.5 Å². The predicted molar refractivity (Wildman–Crippen MR) is 147 cm³/mol. The predicted octanol–water partition coefficient (Wildman–Crippen LogP) is 4.55. The van der Waals surface area contributed by atoms with E-state index in [-0.39, 0.29) is 17.0 Å². The second kappa shape index (κ2) is 12.2. The smallest absolute Gasteiger partial charge is 0.270 e. The highest BCUT2D eigenvalue weighted by molar-refractivity contribution is 8.26. The number of pyridine rings is 1. The Balaban J connectivity index is 2.17. The van der Waals surface area contributed by atoms with Gasteiger partial charge in [0.2, 0.25) is 0 Å². The third-order valence-electron chi connectivity index (χ3n) is 6.63. The van der Waals surface area contributed by atoms with Crippen LogP contribution in [0.2, 0.25) is 0 Å². The molecule has 3 heterocycles. The second-order valence-corrected chi connectivity index (χ2v) is 11.4. The number of thiocarbonyl (C=S) groups is 1. The summed E-state index contributed by atoms with van der Waals surface area (Å²) < 4.78 is 7.41. The van der Waals surface area contributed by atoms with Gasteiger partial charge in [0.15, 0.2) is 0 Å². The first-order chi connectivity index (χ1) is 16.7. The summed E-state index contributed by atoms with van der Waals surface area (Å²) in [7, 11) is 1.64. The minimum absolute atomic E-state index is 0.133. The van der Waals surface area contributed by atoms with Gasteiger partial charge < -0.3 is 9.64 Å². The van der Waals surface area contributed by atoms with E-state index in [0.717, 1.165) is 43.7 Å². The lowest BCUT2D eigenvalue weighted by atomic mass is 9.91. The van der Waals surface area contributed by atoms with Crippen molar-refractivity contribution in [2.24, 2.45) is 11.8 Å². The Morgan fingerprint density at radius 1 is 1.20 bits per heavy atom. The lowest BCUT2D eigenvalue weighted by Gasteiger charge is -2.39. The summed E-state index contributed by atoms with van der Waals surface area (Å²) in [4.78, 5) is 31.1. The zero-order chi connectivity index (χ0) is 25.7. The molecule has 0 aliphatic carbocycles. The van der Waals surface area contributed by atoms with Crippen LogP contribution >= 0.6 is 24.0 Å². The molecule has 35 heavy (non-hydrogen) atoms. The van der Waals surface area contributed by atoms with Crippen LogP contribution in [0.4, 0.5) is 5.82 Å². The molecule has 2 saturated heterocycles. The molecule has 0 bridgehead atoms. The molecule has 9 heteroatoms. The molecule has 2 aliphatic heterocycles. The molecular weight excluding hydrogens is 480 g/mol. The van der Waals surface area contributed by atoms with Gasteiger partial charge in [-0.05, 0) is 49.7 Å². The first kappa shape index (κ1) is 27.4. The molecule has 1 amide bonds. The van der Waals surface area contributed by atoms with Crippen molar-refractivity contribution < 1.29 is 9.53 Å². The SMILES string of the molecule is CCCCn1c(N2CC(C)CC(C)C2)c(/C=C2/SC(=S)N(CCCOC)C2=O)c(C)c(C#N)c1=O. The van der Waals surface area contributed by atoms with Crippen LogP contribution in [0.3, 0.4) is 0 Å². The normalized spacial score (nSPS) is 21.8. The number of hydrogen-bond donors (Lipinski definition) is 0. The van der Waals surface area contributed by atoms with E-state index in [2.05, 4.69) is 31.7 Å². The van der Waals surface area contributed by atoms with E-state index in [1.54, 1.807) is 16.6 Å². The summed E-state index contributed by atoms with van der Waals surface area (Å²) in [6.45, 7) is 11.6. The lowest BCUT2D eigenvalue weighted by molar-refractivity contribution is -0.122. The molecule has 7 nitrogen and oxygen atoms in total. The largest absolute Gasteiger partial charge is 0.385 e. The number of nitriles is 1. The van der Waals surface area contributed by atoms with Crippen molar-refractivity contribution >= 4 is 46.1 Å². The van der Waals surface area contributed by atoms with Crippen molar-refractivity contribution in [2.75, 3.05) is 38.3 Å². The number of rotatable bonds is 9. The molecule has 1 aromatic rings. The number of methoxy groups -OCH3 is 1. The van der Waals surface area contributed by atoms with Crippen molar-refractivity contribution in [1.82, 2.24) is 9.47 Å². The van der Waals surface area contributed by atoms with Gasteiger partial charge >= 0.3 is 0 Å². The fraction of sp³-hybridized carbons (Fsp3) is 0.615. The molecule has 2 fully saturated rings. The molecule has 3 rings (SSSR count). The third-order valence-corrected chi connectivity index (χ3v) is 8.01. The number of hydrogen-bond acceptors (Lipinski definition) is 7. The highest BCUT2D eigenvalue weighted by atomic mass is 32.2. The summed E-state index contributed by atoms with van der Waals surface area (Å²) >= 11 is 6.78. The number of thioether (sulfide) groups is 1. The summed E-state index contributed by atoms with van der Waals surface area (Å²) in [5.41, 5.74) is 1.29. The fourth-order valence-corrected chi connectivity index (χ4v) is 6.33. The van der Waals surface area contributed by atoms with Crippen LogP contribution < -0.4 is 10.5 Å². The van der Waals surface area contributed by atoms with Crippen molar-refractivity contribution in [3.8, 4) is 6.07 Å². The third kappa shape index (κ3) is 5.99. The van der Waals surface area contributed by atoms with Gasteiger partial charge in [0.1, 0.15) is 21.8 Å². The lowest BCUT2D eigenvalue weighted by Crippen LogP contribution is -2.43. The number of anilines is 1. The van der Waals surface area contributed by atoms with Crippen LogP contribution in [0.5, 0.6) is 0 Å². The van der Waals surface area contributed by atoms with Crippen molar-refractivity contribution in [1.29, 1.82) is 5.26 Å². The molecule has 2 atom stereocenters. The second-order valence-electron chi connectivity index (χ2n) is 9.69. The highest BCUT2D eigenvalue weighted by Crippen LogP contribution is 2.37. The van der Waals surface area contributed by atoms with Gasteiger partial charge in [-0.15, -0.1) is 0 Å².